The number of aryl methyl sites for hydroxylation is 2. The summed E-state index contributed by atoms with van der Waals surface area (Å²) >= 11 is 0. The average Bonchev–Trinajstić information content (AvgIpc) is 3.05. The number of nitrogens with zero attached hydrogens (tertiary/aromatic N) is 3. The first kappa shape index (κ1) is 21.1. The standard InChI is InChI=1S/C24H31N3O2/c1-7-9-17(14-28)20-13-27(5)23-19(20)12-16(8-2)22(26-23)18-10-11-21(15(3)4)25-24(18)29-6/h7,10-13,15,17,28H,1,8-9,14H2,2-6H3/t17-/m0/s1. The van der Waals surface area contributed by atoms with Gasteiger partial charge in [-0.15, -0.1) is 6.58 Å². The van der Waals surface area contributed by atoms with Crippen LogP contribution >= 0.6 is 0 Å². The van der Waals surface area contributed by atoms with Crippen molar-refractivity contribution in [2.24, 2.45) is 7.05 Å². The molecule has 1 N–H and O–H groups in total. The van der Waals surface area contributed by atoms with E-state index < -0.39 is 0 Å². The maximum atomic E-state index is 9.88. The topological polar surface area (TPSA) is 60.2 Å². The van der Waals surface area contributed by atoms with Crippen molar-refractivity contribution in [1.82, 2.24) is 14.5 Å². The summed E-state index contributed by atoms with van der Waals surface area (Å²) in [6, 6.07) is 6.32. The number of aromatic nitrogens is 3. The van der Waals surface area contributed by atoms with Gasteiger partial charge in [-0.05, 0) is 48.1 Å². The molecule has 0 fully saturated rings. The van der Waals surface area contributed by atoms with Crippen LogP contribution in [0.4, 0.5) is 0 Å². The number of aliphatic hydroxyl groups is 1. The van der Waals surface area contributed by atoms with Crippen LogP contribution in [0.5, 0.6) is 5.88 Å². The summed E-state index contributed by atoms with van der Waals surface area (Å²) in [6.07, 6.45) is 5.50. The number of pyridine rings is 2. The second-order valence-electron chi connectivity index (χ2n) is 7.77. The molecule has 3 heterocycles. The number of methoxy groups -OCH3 is 1. The molecule has 1 atom stereocenters. The molecule has 3 aromatic rings. The van der Waals surface area contributed by atoms with Gasteiger partial charge in [0.25, 0.3) is 0 Å². The second kappa shape index (κ2) is 8.78. The van der Waals surface area contributed by atoms with Crippen LogP contribution in [0.25, 0.3) is 22.3 Å². The highest BCUT2D eigenvalue weighted by Crippen LogP contribution is 2.36. The van der Waals surface area contributed by atoms with Gasteiger partial charge in [-0.1, -0.05) is 26.8 Å². The van der Waals surface area contributed by atoms with Crippen LogP contribution < -0.4 is 4.74 Å². The summed E-state index contributed by atoms with van der Waals surface area (Å²) in [4.78, 5) is 9.73. The van der Waals surface area contributed by atoms with Gasteiger partial charge in [-0.3, -0.25) is 0 Å². The molecule has 5 nitrogen and oxygen atoms in total. The predicted octanol–water partition coefficient (Wildman–Crippen LogP) is 4.98. The van der Waals surface area contributed by atoms with E-state index in [0.29, 0.717) is 11.8 Å². The van der Waals surface area contributed by atoms with Crippen molar-refractivity contribution in [3.8, 4) is 17.1 Å². The third-order valence-corrected chi connectivity index (χ3v) is 5.47. The zero-order valence-electron chi connectivity index (χ0n) is 18.1. The van der Waals surface area contributed by atoms with Gasteiger partial charge in [-0.25, -0.2) is 9.97 Å². The van der Waals surface area contributed by atoms with E-state index in [1.54, 1.807) is 7.11 Å². The molecule has 0 aliphatic rings. The Morgan fingerprint density at radius 2 is 2.03 bits per heavy atom. The first-order valence-corrected chi connectivity index (χ1v) is 10.2. The Labute approximate surface area is 173 Å². The van der Waals surface area contributed by atoms with E-state index in [9.17, 15) is 5.11 Å². The van der Waals surface area contributed by atoms with Gasteiger partial charge in [0.05, 0.1) is 25.0 Å². The highest BCUT2D eigenvalue weighted by molar-refractivity contribution is 5.86. The quantitative estimate of drug-likeness (QED) is 0.548. The van der Waals surface area contributed by atoms with Gasteiger partial charge in [0, 0.05) is 30.2 Å². The van der Waals surface area contributed by atoms with Crippen molar-refractivity contribution < 1.29 is 9.84 Å². The lowest BCUT2D eigenvalue weighted by atomic mass is 9.95. The van der Waals surface area contributed by atoms with E-state index >= 15 is 0 Å². The van der Waals surface area contributed by atoms with Crippen molar-refractivity contribution in [1.29, 1.82) is 0 Å². The molecule has 154 valence electrons. The van der Waals surface area contributed by atoms with Crippen molar-refractivity contribution in [3.05, 3.63) is 53.9 Å². The van der Waals surface area contributed by atoms with Crippen molar-refractivity contribution in [3.63, 3.8) is 0 Å². The Kier molecular flexibility index (Phi) is 6.38. The monoisotopic (exact) mass is 393 g/mol. The van der Waals surface area contributed by atoms with Crippen molar-refractivity contribution in [2.75, 3.05) is 13.7 Å². The van der Waals surface area contributed by atoms with Gasteiger partial charge in [0.2, 0.25) is 5.88 Å². The molecule has 0 spiro atoms. The van der Waals surface area contributed by atoms with Gasteiger partial charge >= 0.3 is 0 Å². The third kappa shape index (κ3) is 3.92. The molecule has 0 unspecified atom stereocenters. The van der Waals surface area contributed by atoms with Crippen LogP contribution in [0, 0.1) is 0 Å². The minimum Gasteiger partial charge on any atom is -0.480 e. The van der Waals surface area contributed by atoms with E-state index in [4.69, 9.17) is 14.7 Å². The van der Waals surface area contributed by atoms with Crippen LogP contribution in [0.1, 0.15) is 55.8 Å². The molecular formula is C24H31N3O2. The van der Waals surface area contributed by atoms with E-state index in [0.717, 1.165) is 52.0 Å². The fourth-order valence-electron chi connectivity index (χ4n) is 3.81. The van der Waals surface area contributed by atoms with E-state index in [1.807, 2.05) is 17.7 Å². The van der Waals surface area contributed by atoms with Gasteiger partial charge in [-0.2, -0.15) is 0 Å². The molecule has 0 aliphatic heterocycles. The first-order chi connectivity index (χ1) is 13.9. The number of hydrogen-bond acceptors (Lipinski definition) is 4. The Morgan fingerprint density at radius 1 is 1.28 bits per heavy atom. The van der Waals surface area contributed by atoms with Crippen molar-refractivity contribution >= 4 is 11.0 Å². The normalized spacial score (nSPS) is 12.5. The molecule has 0 saturated carbocycles. The number of ether oxygens (including phenoxy) is 1. The molecule has 0 saturated heterocycles. The van der Waals surface area contributed by atoms with Gasteiger partial charge in [0.15, 0.2) is 0 Å². The molecule has 0 aromatic carbocycles. The maximum absolute atomic E-state index is 9.88. The molecule has 0 bridgehead atoms. The van der Waals surface area contributed by atoms with Crippen LogP contribution in [-0.4, -0.2) is 33.4 Å². The average molecular weight is 394 g/mol. The number of rotatable bonds is 8. The third-order valence-electron chi connectivity index (χ3n) is 5.47. The number of hydrogen-bond donors (Lipinski definition) is 1. The highest BCUT2D eigenvalue weighted by Gasteiger charge is 2.21. The summed E-state index contributed by atoms with van der Waals surface area (Å²) < 4.78 is 7.65. The molecule has 29 heavy (non-hydrogen) atoms. The Hall–Kier alpha value is -2.66. The van der Waals surface area contributed by atoms with E-state index in [2.05, 4.69) is 51.7 Å². The summed E-state index contributed by atoms with van der Waals surface area (Å²) in [7, 11) is 3.65. The molecule has 3 rings (SSSR count). The molecular weight excluding hydrogens is 362 g/mol. The van der Waals surface area contributed by atoms with Gasteiger partial charge in [0.1, 0.15) is 5.65 Å². The molecule has 3 aromatic heterocycles. The zero-order valence-corrected chi connectivity index (χ0v) is 18.1. The number of fused-ring (bicyclic) bond motifs is 1. The van der Waals surface area contributed by atoms with E-state index in [1.165, 1.54) is 0 Å². The summed E-state index contributed by atoms with van der Waals surface area (Å²) in [6.45, 7) is 10.3. The molecule has 0 radical (unpaired) electrons. The van der Waals surface area contributed by atoms with Gasteiger partial charge < -0.3 is 14.4 Å². The lowest BCUT2D eigenvalue weighted by molar-refractivity contribution is 0.266. The molecule has 0 amide bonds. The molecule has 0 aliphatic carbocycles. The number of allylic oxidation sites excluding steroid dienone is 1. The lowest BCUT2D eigenvalue weighted by Crippen LogP contribution is -2.03. The fourth-order valence-corrected chi connectivity index (χ4v) is 3.81. The minimum absolute atomic E-state index is 0.0232. The Morgan fingerprint density at radius 3 is 2.62 bits per heavy atom. The summed E-state index contributed by atoms with van der Waals surface area (Å²) in [5.74, 6) is 0.955. The maximum Gasteiger partial charge on any atom is 0.222 e. The summed E-state index contributed by atoms with van der Waals surface area (Å²) in [5.41, 5.74) is 5.95. The molecule has 5 heteroatoms. The SMILES string of the molecule is C=CC[C@@H](CO)c1cn(C)c2nc(-c3ccc(C(C)C)nc3OC)c(CC)cc12. The van der Waals surface area contributed by atoms with Crippen LogP contribution in [0.3, 0.4) is 0 Å². The Balaban J connectivity index is 2.23. The lowest BCUT2D eigenvalue weighted by Gasteiger charge is -2.15. The highest BCUT2D eigenvalue weighted by atomic mass is 16.5. The van der Waals surface area contributed by atoms with Crippen LogP contribution in [-0.2, 0) is 13.5 Å². The Bertz CT molecular complexity index is 1020. The van der Waals surface area contributed by atoms with E-state index in [-0.39, 0.29) is 12.5 Å². The smallest absolute Gasteiger partial charge is 0.222 e. The fraction of sp³-hybridized carbons (Fsp3) is 0.417. The largest absolute Gasteiger partial charge is 0.480 e. The second-order valence-corrected chi connectivity index (χ2v) is 7.77. The first-order valence-electron chi connectivity index (χ1n) is 10.2. The van der Waals surface area contributed by atoms with Crippen LogP contribution in [0.15, 0.2) is 37.1 Å². The minimum atomic E-state index is 0.0232. The summed E-state index contributed by atoms with van der Waals surface area (Å²) in [5, 5.41) is 11.0. The number of aliphatic hydroxyl groups excluding tert-OH is 1. The van der Waals surface area contributed by atoms with Crippen molar-refractivity contribution in [2.45, 2.75) is 45.4 Å². The van der Waals surface area contributed by atoms with Crippen LogP contribution in [0.2, 0.25) is 0 Å². The predicted molar refractivity (Wildman–Crippen MR) is 119 cm³/mol. The zero-order chi connectivity index (χ0) is 21.1.